The second-order valence-electron chi connectivity index (χ2n) is 3.40. The van der Waals surface area contributed by atoms with Crippen molar-refractivity contribution in [2.45, 2.75) is 18.5 Å². The molecule has 0 aromatic rings. The van der Waals surface area contributed by atoms with Gasteiger partial charge in [0, 0.05) is 13.1 Å². The Morgan fingerprint density at radius 2 is 2.42 bits per heavy atom. The Kier molecular flexibility index (Phi) is 2.72. The van der Waals surface area contributed by atoms with Crippen molar-refractivity contribution < 1.29 is 9.18 Å². The fourth-order valence-electron chi connectivity index (χ4n) is 1.52. The van der Waals surface area contributed by atoms with E-state index in [2.05, 4.69) is 0 Å². The summed E-state index contributed by atoms with van der Waals surface area (Å²) >= 11 is 0. The number of hydrogen-bond acceptors (Lipinski definition) is 2. The lowest BCUT2D eigenvalue weighted by molar-refractivity contribution is 0.0749. The van der Waals surface area contributed by atoms with Gasteiger partial charge in [0.05, 0.1) is 6.54 Å². The zero-order valence-corrected chi connectivity index (χ0v) is 7.35. The van der Waals surface area contributed by atoms with Crippen LogP contribution >= 0.6 is 0 Å². The average Bonchev–Trinajstić information content (AvgIpc) is 2.05. The Bertz CT molecular complexity index is 190. The topological polar surface area (TPSA) is 46.3 Å². The fraction of sp³-hybridized carbons (Fsp3) is 0.857. The van der Waals surface area contributed by atoms with E-state index in [1.54, 1.807) is 0 Å². The van der Waals surface area contributed by atoms with Crippen LogP contribution in [-0.4, -0.2) is 43.9 Å². The molecule has 1 rings (SSSR count). The maximum Gasteiger partial charge on any atom is 0.215 e. The summed E-state index contributed by atoms with van der Waals surface area (Å²) in [6.45, 7) is 0.844. The molecule has 0 saturated carbocycles. The van der Waals surface area contributed by atoms with Gasteiger partial charge in [-0.3, -0.25) is 4.79 Å². The van der Waals surface area contributed by atoms with E-state index in [1.165, 1.54) is 12.7 Å². The minimum atomic E-state index is -1.34. The molecule has 3 nitrogen and oxygen atoms in total. The molecule has 1 aliphatic rings. The van der Waals surface area contributed by atoms with Gasteiger partial charge in [-0.2, -0.15) is 0 Å². The number of rotatable bonds is 1. The highest BCUT2D eigenvalue weighted by atomic mass is 19.1. The molecule has 1 saturated heterocycles. The number of nitrogens with two attached hydrogens (primary N) is 1. The maximum atomic E-state index is 13.6. The lowest BCUT2D eigenvalue weighted by Gasteiger charge is -2.36. The minimum Gasteiger partial charge on any atom is -0.349 e. The van der Waals surface area contributed by atoms with Crippen molar-refractivity contribution >= 4 is 13.7 Å². The van der Waals surface area contributed by atoms with Crippen LogP contribution in [0.5, 0.6) is 0 Å². The minimum absolute atomic E-state index is 0.0107. The summed E-state index contributed by atoms with van der Waals surface area (Å²) in [5, 5.41) is 0. The Morgan fingerprint density at radius 1 is 1.75 bits per heavy atom. The first-order valence-electron chi connectivity index (χ1n) is 4.22. The van der Waals surface area contributed by atoms with Crippen LogP contribution in [-0.2, 0) is 0 Å². The molecule has 0 aromatic carbocycles. The highest BCUT2D eigenvalue weighted by Crippen LogP contribution is 2.23. The smallest absolute Gasteiger partial charge is 0.215 e. The molecule has 1 aliphatic heterocycles. The Morgan fingerprint density at radius 3 is 2.92 bits per heavy atom. The fourth-order valence-corrected chi connectivity index (χ4v) is 1.52. The van der Waals surface area contributed by atoms with Crippen LogP contribution in [0.25, 0.3) is 0 Å². The van der Waals surface area contributed by atoms with Gasteiger partial charge in [0.25, 0.3) is 0 Å². The lowest BCUT2D eigenvalue weighted by atomic mass is 9.93. The molecule has 0 bridgehead atoms. The highest BCUT2D eigenvalue weighted by molar-refractivity contribution is 6.56. The van der Waals surface area contributed by atoms with Gasteiger partial charge in [0.15, 0.2) is 5.81 Å². The number of likely N-dealkylation sites (tertiary alicyclic amines) is 1. The molecular formula is C7H14BFN2O. The Balaban J connectivity index is 2.57. The van der Waals surface area contributed by atoms with Crippen molar-refractivity contribution in [2.75, 3.05) is 19.6 Å². The molecule has 1 atom stereocenters. The van der Waals surface area contributed by atoms with Crippen molar-refractivity contribution in [3.05, 3.63) is 0 Å². The van der Waals surface area contributed by atoms with Crippen LogP contribution in [0.1, 0.15) is 12.8 Å². The monoisotopic (exact) mass is 172 g/mol. The van der Waals surface area contributed by atoms with Crippen molar-refractivity contribution in [1.82, 2.24) is 4.90 Å². The average molecular weight is 172 g/mol. The number of carbonyl (C=O) groups excluding carboxylic acids is 1. The predicted molar refractivity (Wildman–Crippen MR) is 47.6 cm³/mol. The molecule has 68 valence electrons. The Labute approximate surface area is 72.5 Å². The molecule has 12 heavy (non-hydrogen) atoms. The van der Waals surface area contributed by atoms with Crippen LogP contribution in [0, 0.1) is 0 Å². The summed E-state index contributed by atoms with van der Waals surface area (Å²) in [6, 6.07) is 0. The van der Waals surface area contributed by atoms with E-state index in [-0.39, 0.29) is 18.9 Å². The zero-order chi connectivity index (χ0) is 9.19. The van der Waals surface area contributed by atoms with Crippen LogP contribution < -0.4 is 5.73 Å². The lowest BCUT2D eigenvalue weighted by Crippen LogP contribution is -2.51. The van der Waals surface area contributed by atoms with E-state index >= 15 is 0 Å². The van der Waals surface area contributed by atoms with Gasteiger partial charge in [-0.25, -0.2) is 4.39 Å². The maximum absolute atomic E-state index is 13.6. The first kappa shape index (κ1) is 9.51. The zero-order valence-electron chi connectivity index (χ0n) is 7.35. The largest absolute Gasteiger partial charge is 0.349 e. The third-order valence-corrected chi connectivity index (χ3v) is 2.34. The molecule has 2 N–H and O–H groups in total. The molecule has 1 heterocycles. The van der Waals surface area contributed by atoms with Gasteiger partial charge in [-0.05, 0) is 12.8 Å². The second-order valence-corrected chi connectivity index (χ2v) is 3.40. The summed E-state index contributed by atoms with van der Waals surface area (Å²) in [5.41, 5.74) is 3.94. The number of nitrogens with zero attached hydrogens (tertiary/aromatic N) is 1. The van der Waals surface area contributed by atoms with E-state index < -0.39 is 5.67 Å². The van der Waals surface area contributed by atoms with Gasteiger partial charge in [0.2, 0.25) is 7.85 Å². The van der Waals surface area contributed by atoms with Crippen molar-refractivity contribution in [3.63, 3.8) is 0 Å². The summed E-state index contributed by atoms with van der Waals surface area (Å²) in [7, 11) is 1.46. The van der Waals surface area contributed by atoms with E-state index in [0.717, 1.165) is 0 Å². The Hall–Kier alpha value is -0.575. The van der Waals surface area contributed by atoms with Crippen LogP contribution in [0.2, 0.25) is 0 Å². The van der Waals surface area contributed by atoms with Gasteiger partial charge in [0.1, 0.15) is 5.67 Å². The first-order chi connectivity index (χ1) is 5.57. The quantitative estimate of drug-likeness (QED) is 0.542. The highest BCUT2D eigenvalue weighted by Gasteiger charge is 2.34. The molecule has 1 fully saturated rings. The van der Waals surface area contributed by atoms with Crippen LogP contribution in [0.3, 0.4) is 0 Å². The van der Waals surface area contributed by atoms with Crippen LogP contribution in [0.15, 0.2) is 0 Å². The molecule has 0 aliphatic carbocycles. The van der Waals surface area contributed by atoms with E-state index in [4.69, 9.17) is 5.73 Å². The van der Waals surface area contributed by atoms with Crippen molar-refractivity contribution in [3.8, 4) is 0 Å². The summed E-state index contributed by atoms with van der Waals surface area (Å²) < 4.78 is 13.6. The van der Waals surface area contributed by atoms with Gasteiger partial charge < -0.3 is 10.6 Å². The molecule has 5 heteroatoms. The van der Waals surface area contributed by atoms with Gasteiger partial charge in [-0.15, -0.1) is 0 Å². The first-order valence-corrected chi connectivity index (χ1v) is 4.22. The van der Waals surface area contributed by atoms with E-state index in [1.807, 2.05) is 0 Å². The molecule has 0 radical (unpaired) electrons. The second kappa shape index (κ2) is 3.43. The predicted octanol–water partition coefficient (Wildman–Crippen LogP) is -0.498. The van der Waals surface area contributed by atoms with Crippen molar-refractivity contribution in [1.29, 1.82) is 0 Å². The number of amides is 1. The summed E-state index contributed by atoms with van der Waals surface area (Å²) in [6.07, 6.45) is 1.19. The number of alkyl halides is 1. The third-order valence-electron chi connectivity index (χ3n) is 2.34. The molecule has 0 unspecified atom stereocenters. The molecule has 0 aromatic heterocycles. The molecule has 1 amide bonds. The SMILES string of the molecule is BC(=O)N1CCC[C@@](F)(CN)C1. The normalized spacial score (nSPS) is 30.3. The molecule has 0 spiro atoms. The number of carbonyl (C=O) groups is 1. The third kappa shape index (κ3) is 1.97. The van der Waals surface area contributed by atoms with E-state index in [9.17, 15) is 9.18 Å². The number of piperidine rings is 1. The van der Waals surface area contributed by atoms with Gasteiger partial charge >= 0.3 is 0 Å². The van der Waals surface area contributed by atoms with Crippen molar-refractivity contribution in [2.24, 2.45) is 5.73 Å². The van der Waals surface area contributed by atoms with Crippen LogP contribution in [0.4, 0.5) is 9.18 Å². The summed E-state index contributed by atoms with van der Waals surface area (Å²) in [5.74, 6) is -0.0647. The standard InChI is InChI=1S/C7H14BFN2O/c8-6(12)11-3-1-2-7(9,4-10)5-11/h1-5,8,10H2/t7-/m1/s1. The number of hydrogen-bond donors (Lipinski definition) is 1. The molecular weight excluding hydrogens is 158 g/mol. The number of halogens is 1. The van der Waals surface area contributed by atoms with Gasteiger partial charge in [-0.1, -0.05) is 0 Å². The van der Waals surface area contributed by atoms with E-state index in [0.29, 0.717) is 19.4 Å². The summed E-state index contributed by atoms with van der Waals surface area (Å²) in [4.78, 5) is 12.4.